The molecule has 0 bridgehead atoms. The van der Waals surface area contributed by atoms with Gasteiger partial charge < -0.3 is 9.80 Å². The van der Waals surface area contributed by atoms with Crippen molar-refractivity contribution in [2.45, 2.75) is 107 Å². The minimum atomic E-state index is -2.23. The van der Waals surface area contributed by atoms with Crippen molar-refractivity contribution in [3.05, 3.63) is 138 Å². The molecule has 4 aromatic rings. The Morgan fingerprint density at radius 2 is 0.741 bits per heavy atom. The van der Waals surface area contributed by atoms with Crippen LogP contribution in [-0.4, -0.2) is 6.17 Å². The molecular formula is C43H45F9N2. The highest BCUT2D eigenvalue weighted by Gasteiger charge is 2.43. The van der Waals surface area contributed by atoms with E-state index in [1.807, 2.05) is 79.7 Å². The van der Waals surface area contributed by atoms with Crippen molar-refractivity contribution < 1.29 is 39.5 Å². The fraction of sp³-hybridized carbons (Fsp3) is 0.395. The average Bonchev–Trinajstić information content (AvgIpc) is 3.39. The van der Waals surface area contributed by atoms with Crippen LogP contribution in [-0.2, 0) is 12.8 Å². The van der Waals surface area contributed by atoms with Gasteiger partial charge in [-0.25, -0.2) is 39.5 Å². The Hall–Kier alpha value is -4.41. The molecule has 1 unspecified atom stereocenters. The monoisotopic (exact) mass is 760 g/mol. The molecule has 0 N–H and O–H groups in total. The van der Waals surface area contributed by atoms with E-state index in [1.54, 1.807) is 0 Å². The standard InChI is InChI=1S/C43H45F9N2/c1-20(2)43-53(41-23(5)16-21(3)17-24(41)6)30(14-10-12-28-34(46)32(44)27(9)33(45)35(28)47)31(54(43)42-25(7)18-22(4)19-26(42)8)15-11-13-29-36(48)38(50)40(52)39(51)37(29)49/h16-20,43H,10-15H2,1-9H3. The molecule has 0 saturated heterocycles. The molecule has 2 nitrogen and oxygen atoms in total. The number of aryl methyl sites for hydroxylation is 6. The highest BCUT2D eigenvalue weighted by Crippen LogP contribution is 2.48. The topological polar surface area (TPSA) is 6.48 Å². The van der Waals surface area contributed by atoms with E-state index < -0.39 is 81.6 Å². The smallest absolute Gasteiger partial charge is 0.200 e. The van der Waals surface area contributed by atoms with Crippen LogP contribution in [0.1, 0.15) is 89.6 Å². The average molecular weight is 761 g/mol. The van der Waals surface area contributed by atoms with E-state index in [4.69, 9.17) is 0 Å². The van der Waals surface area contributed by atoms with E-state index in [2.05, 4.69) is 9.80 Å². The number of allylic oxidation sites excluding steroid dienone is 2. The first kappa shape index (κ1) is 40.8. The van der Waals surface area contributed by atoms with Gasteiger partial charge in [0.1, 0.15) is 6.17 Å². The van der Waals surface area contributed by atoms with Gasteiger partial charge in [0.15, 0.2) is 46.5 Å². The van der Waals surface area contributed by atoms with Gasteiger partial charge in [-0.3, -0.25) is 0 Å². The van der Waals surface area contributed by atoms with Crippen molar-refractivity contribution >= 4 is 11.4 Å². The molecule has 0 fully saturated rings. The predicted molar refractivity (Wildman–Crippen MR) is 195 cm³/mol. The second kappa shape index (κ2) is 15.7. The first-order valence-electron chi connectivity index (χ1n) is 18.1. The van der Waals surface area contributed by atoms with Crippen molar-refractivity contribution in [3.8, 4) is 0 Å². The lowest BCUT2D eigenvalue weighted by Crippen LogP contribution is -2.46. The lowest BCUT2D eigenvalue weighted by molar-refractivity contribution is 0.369. The van der Waals surface area contributed by atoms with Crippen LogP contribution >= 0.6 is 0 Å². The Kier molecular flexibility index (Phi) is 11.9. The van der Waals surface area contributed by atoms with Crippen molar-refractivity contribution in [3.63, 3.8) is 0 Å². The normalized spacial score (nSPS) is 14.8. The quantitative estimate of drug-likeness (QED) is 0.0853. The molecule has 5 rings (SSSR count). The summed E-state index contributed by atoms with van der Waals surface area (Å²) in [6.45, 7) is 16.9. The Balaban J connectivity index is 1.72. The van der Waals surface area contributed by atoms with Crippen molar-refractivity contribution in [1.29, 1.82) is 0 Å². The number of hydrogen-bond donors (Lipinski definition) is 0. The molecule has 0 aliphatic carbocycles. The van der Waals surface area contributed by atoms with Gasteiger partial charge in [0, 0.05) is 39.5 Å². The maximum atomic E-state index is 15.1. The maximum Gasteiger partial charge on any atom is 0.200 e. The first-order valence-corrected chi connectivity index (χ1v) is 18.1. The fourth-order valence-corrected chi connectivity index (χ4v) is 8.22. The summed E-state index contributed by atoms with van der Waals surface area (Å²) in [5.41, 5.74) is 6.56. The Bertz CT molecular complexity index is 1900. The Morgan fingerprint density at radius 1 is 0.444 bits per heavy atom. The summed E-state index contributed by atoms with van der Waals surface area (Å²) in [7, 11) is 0. The number of nitrogens with zero attached hydrogens (tertiary/aromatic N) is 2. The van der Waals surface area contributed by atoms with Crippen LogP contribution in [0.25, 0.3) is 0 Å². The zero-order valence-corrected chi connectivity index (χ0v) is 32.0. The molecule has 0 radical (unpaired) electrons. The van der Waals surface area contributed by atoms with Gasteiger partial charge in [0.05, 0.1) is 0 Å². The van der Waals surface area contributed by atoms with Gasteiger partial charge in [0.2, 0.25) is 5.82 Å². The molecular weight excluding hydrogens is 715 g/mol. The number of anilines is 2. The maximum absolute atomic E-state index is 15.1. The zero-order chi connectivity index (χ0) is 40.1. The Labute approximate surface area is 311 Å². The lowest BCUT2D eigenvalue weighted by atomic mass is 9.98. The fourth-order valence-electron chi connectivity index (χ4n) is 8.22. The van der Waals surface area contributed by atoms with E-state index in [0.29, 0.717) is 11.4 Å². The van der Waals surface area contributed by atoms with Crippen LogP contribution in [0.2, 0.25) is 0 Å². The molecule has 1 aliphatic heterocycles. The largest absolute Gasteiger partial charge is 0.321 e. The second-order valence-corrected chi connectivity index (χ2v) is 14.9. The summed E-state index contributed by atoms with van der Waals surface area (Å²) >= 11 is 0. The highest BCUT2D eigenvalue weighted by atomic mass is 19.2. The van der Waals surface area contributed by atoms with Gasteiger partial charge in [0.25, 0.3) is 0 Å². The minimum absolute atomic E-state index is 0.0280. The van der Waals surface area contributed by atoms with E-state index >= 15 is 8.78 Å². The summed E-state index contributed by atoms with van der Waals surface area (Å²) in [6.07, 6.45) is -0.924. The summed E-state index contributed by atoms with van der Waals surface area (Å²) in [5.74, 6) is -15.9. The highest BCUT2D eigenvalue weighted by molar-refractivity contribution is 5.74. The molecule has 0 amide bonds. The summed E-state index contributed by atoms with van der Waals surface area (Å²) < 4.78 is 131. The third kappa shape index (κ3) is 7.22. The minimum Gasteiger partial charge on any atom is -0.321 e. The summed E-state index contributed by atoms with van der Waals surface area (Å²) in [6, 6.07) is 8.13. The van der Waals surface area contributed by atoms with Crippen molar-refractivity contribution in [1.82, 2.24) is 0 Å². The third-order valence-corrected chi connectivity index (χ3v) is 10.3. The van der Waals surface area contributed by atoms with Gasteiger partial charge in [-0.2, -0.15) is 0 Å². The van der Waals surface area contributed by atoms with Crippen LogP contribution in [0.15, 0.2) is 35.7 Å². The van der Waals surface area contributed by atoms with Crippen molar-refractivity contribution in [2.24, 2.45) is 5.92 Å². The molecule has 1 aliphatic rings. The van der Waals surface area contributed by atoms with Crippen LogP contribution < -0.4 is 9.80 Å². The van der Waals surface area contributed by atoms with Crippen molar-refractivity contribution in [2.75, 3.05) is 9.80 Å². The SMILES string of the molecule is Cc1cc(C)c(N2C(CCCc3c(F)c(F)c(C)c(F)c3F)=C(CCCc3c(F)c(F)c(F)c(F)c3F)N(c3c(C)cc(C)cc3C)C2C(C)C)c(C)c1. The molecule has 1 atom stereocenters. The number of benzene rings is 4. The van der Waals surface area contributed by atoms with E-state index in [1.165, 1.54) is 0 Å². The zero-order valence-electron chi connectivity index (χ0n) is 32.0. The number of hydrogen-bond acceptors (Lipinski definition) is 2. The number of halogens is 9. The van der Waals surface area contributed by atoms with Gasteiger partial charge in [-0.15, -0.1) is 0 Å². The van der Waals surface area contributed by atoms with Crippen LogP contribution in [0.5, 0.6) is 0 Å². The molecule has 290 valence electrons. The molecule has 0 spiro atoms. The summed E-state index contributed by atoms with van der Waals surface area (Å²) in [4.78, 5) is 4.33. The number of rotatable bonds is 11. The van der Waals surface area contributed by atoms with E-state index in [0.717, 1.165) is 51.7 Å². The summed E-state index contributed by atoms with van der Waals surface area (Å²) in [5, 5.41) is 0. The molecule has 1 heterocycles. The lowest BCUT2D eigenvalue weighted by Gasteiger charge is -2.40. The molecule has 0 aromatic heterocycles. The van der Waals surface area contributed by atoms with E-state index in [-0.39, 0.29) is 38.0 Å². The molecule has 4 aromatic carbocycles. The predicted octanol–water partition coefficient (Wildman–Crippen LogP) is 12.7. The van der Waals surface area contributed by atoms with Gasteiger partial charge in [-0.1, -0.05) is 49.2 Å². The van der Waals surface area contributed by atoms with Gasteiger partial charge >= 0.3 is 0 Å². The van der Waals surface area contributed by atoms with Crippen LogP contribution in [0.3, 0.4) is 0 Å². The third-order valence-electron chi connectivity index (χ3n) is 10.3. The van der Waals surface area contributed by atoms with Gasteiger partial charge in [-0.05, 0) is 115 Å². The van der Waals surface area contributed by atoms with E-state index in [9.17, 15) is 30.7 Å². The molecule has 11 heteroatoms. The van der Waals surface area contributed by atoms with Crippen LogP contribution in [0.4, 0.5) is 50.9 Å². The van der Waals surface area contributed by atoms with Crippen LogP contribution in [0, 0.1) is 107 Å². The second-order valence-electron chi connectivity index (χ2n) is 14.9. The first-order chi connectivity index (χ1) is 25.3. The Morgan fingerprint density at radius 3 is 1.06 bits per heavy atom. The molecule has 0 saturated carbocycles. The molecule has 54 heavy (non-hydrogen) atoms.